The number of carbonyl (C=O) groups excluding carboxylic acids is 2. The van der Waals surface area contributed by atoms with Gasteiger partial charge in [-0.2, -0.15) is 0 Å². The predicted molar refractivity (Wildman–Crippen MR) is 131 cm³/mol. The van der Waals surface area contributed by atoms with Crippen LogP contribution < -0.4 is 10.0 Å². The van der Waals surface area contributed by atoms with Crippen LogP contribution >= 0.6 is 0 Å². The van der Waals surface area contributed by atoms with E-state index in [2.05, 4.69) is 10.0 Å². The van der Waals surface area contributed by atoms with E-state index in [1.807, 2.05) is 42.2 Å². The molecule has 0 aromatic heterocycles. The zero-order valence-electron chi connectivity index (χ0n) is 19.3. The highest BCUT2D eigenvalue weighted by molar-refractivity contribution is 7.92. The molecule has 2 aromatic carbocycles. The Bertz CT molecular complexity index is 1050. The highest BCUT2D eigenvalue weighted by Crippen LogP contribution is 2.24. The monoisotopic (exact) mass is 471 g/mol. The summed E-state index contributed by atoms with van der Waals surface area (Å²) in [7, 11) is -3.42. The van der Waals surface area contributed by atoms with Gasteiger partial charge in [0.1, 0.15) is 0 Å². The van der Waals surface area contributed by atoms with E-state index < -0.39 is 10.0 Å². The minimum Gasteiger partial charge on any atom is -0.349 e. The molecule has 1 aliphatic rings. The van der Waals surface area contributed by atoms with Gasteiger partial charge in [0, 0.05) is 30.4 Å². The summed E-state index contributed by atoms with van der Waals surface area (Å²) in [4.78, 5) is 27.7. The van der Waals surface area contributed by atoms with Gasteiger partial charge < -0.3 is 10.2 Å². The van der Waals surface area contributed by atoms with Gasteiger partial charge in [0.25, 0.3) is 5.91 Å². The third kappa shape index (κ3) is 6.81. The predicted octanol–water partition coefficient (Wildman–Crippen LogP) is 3.75. The van der Waals surface area contributed by atoms with E-state index in [4.69, 9.17) is 0 Å². The maximum Gasteiger partial charge on any atom is 0.251 e. The number of anilines is 1. The molecule has 1 saturated heterocycles. The van der Waals surface area contributed by atoms with Gasteiger partial charge in [0.05, 0.1) is 11.7 Å². The molecule has 2 amide bonds. The van der Waals surface area contributed by atoms with Crippen LogP contribution in [0.25, 0.3) is 0 Å². The van der Waals surface area contributed by atoms with Crippen molar-refractivity contribution in [2.45, 2.75) is 51.5 Å². The van der Waals surface area contributed by atoms with E-state index in [1.54, 1.807) is 31.2 Å². The number of nitrogens with one attached hydrogen (secondary N) is 2. The Labute approximate surface area is 196 Å². The smallest absolute Gasteiger partial charge is 0.251 e. The fourth-order valence-electron chi connectivity index (χ4n) is 4.19. The molecule has 1 heterocycles. The molecule has 33 heavy (non-hydrogen) atoms. The maximum atomic E-state index is 13.1. The Morgan fingerprint density at radius 3 is 2.36 bits per heavy atom. The fourth-order valence-corrected chi connectivity index (χ4v) is 5.32. The lowest BCUT2D eigenvalue weighted by Gasteiger charge is -2.34. The molecule has 7 nitrogen and oxygen atoms in total. The quantitative estimate of drug-likeness (QED) is 0.582. The minimum atomic E-state index is -3.42. The van der Waals surface area contributed by atoms with Crippen molar-refractivity contribution in [1.82, 2.24) is 10.2 Å². The first kappa shape index (κ1) is 24.8. The standard InChI is InChI=1S/C25H33N3O4S/c1-3-17-33(31,32)27-22-12-8-11-20(18-22)24(29)26-21-13-15-28(16-14-21)25(30)23(4-2)19-9-6-5-7-10-19/h5-12,18,21,23,27H,3-4,13-17H2,1-2H3,(H,26,29). The summed E-state index contributed by atoms with van der Waals surface area (Å²) >= 11 is 0. The zero-order valence-corrected chi connectivity index (χ0v) is 20.1. The number of sulfonamides is 1. The maximum absolute atomic E-state index is 13.1. The van der Waals surface area contributed by atoms with Crippen molar-refractivity contribution in [3.05, 3.63) is 65.7 Å². The van der Waals surface area contributed by atoms with Gasteiger partial charge in [-0.05, 0) is 49.4 Å². The van der Waals surface area contributed by atoms with E-state index >= 15 is 0 Å². The van der Waals surface area contributed by atoms with E-state index in [0.29, 0.717) is 43.6 Å². The van der Waals surface area contributed by atoms with Gasteiger partial charge in [-0.3, -0.25) is 14.3 Å². The van der Waals surface area contributed by atoms with Crippen molar-refractivity contribution in [1.29, 1.82) is 0 Å². The Balaban J connectivity index is 1.55. The number of amides is 2. The molecule has 0 bridgehead atoms. The van der Waals surface area contributed by atoms with Crippen molar-refractivity contribution in [2.24, 2.45) is 0 Å². The van der Waals surface area contributed by atoms with Crippen LogP contribution in [0.5, 0.6) is 0 Å². The first-order valence-corrected chi connectivity index (χ1v) is 13.2. The Kier molecular flexibility index (Phi) is 8.49. The Morgan fingerprint density at radius 2 is 1.73 bits per heavy atom. The molecule has 1 aliphatic heterocycles. The highest BCUT2D eigenvalue weighted by Gasteiger charge is 2.29. The molecule has 0 saturated carbocycles. The van der Waals surface area contributed by atoms with E-state index in [9.17, 15) is 18.0 Å². The van der Waals surface area contributed by atoms with Crippen LogP contribution in [0.15, 0.2) is 54.6 Å². The van der Waals surface area contributed by atoms with Gasteiger partial charge in [-0.1, -0.05) is 50.2 Å². The average Bonchev–Trinajstić information content (AvgIpc) is 2.80. The van der Waals surface area contributed by atoms with Gasteiger partial charge in [-0.25, -0.2) is 8.42 Å². The van der Waals surface area contributed by atoms with Crippen LogP contribution in [0, 0.1) is 0 Å². The van der Waals surface area contributed by atoms with E-state index in [1.165, 1.54) is 0 Å². The van der Waals surface area contributed by atoms with Crippen molar-refractivity contribution in [3.63, 3.8) is 0 Å². The van der Waals surface area contributed by atoms with Gasteiger partial charge in [0.15, 0.2) is 0 Å². The first-order chi connectivity index (χ1) is 15.8. The number of nitrogens with zero attached hydrogens (tertiary/aromatic N) is 1. The molecule has 2 N–H and O–H groups in total. The number of benzene rings is 2. The number of piperidine rings is 1. The number of hydrogen-bond donors (Lipinski definition) is 2. The summed E-state index contributed by atoms with van der Waals surface area (Å²) < 4.78 is 26.5. The van der Waals surface area contributed by atoms with Crippen LogP contribution in [0.3, 0.4) is 0 Å². The summed E-state index contributed by atoms with van der Waals surface area (Å²) in [5, 5.41) is 3.03. The molecule has 1 atom stereocenters. The molecule has 1 fully saturated rings. The fraction of sp³-hybridized carbons (Fsp3) is 0.440. The van der Waals surface area contributed by atoms with Crippen molar-refractivity contribution < 1.29 is 18.0 Å². The van der Waals surface area contributed by atoms with Crippen molar-refractivity contribution in [2.75, 3.05) is 23.6 Å². The highest BCUT2D eigenvalue weighted by atomic mass is 32.2. The minimum absolute atomic E-state index is 0.0289. The zero-order chi connectivity index (χ0) is 23.8. The normalized spacial score (nSPS) is 15.6. The molecule has 3 rings (SSSR count). The van der Waals surface area contributed by atoms with Crippen LogP contribution in [0.4, 0.5) is 5.69 Å². The lowest BCUT2D eigenvalue weighted by atomic mass is 9.93. The molecule has 0 aliphatic carbocycles. The molecular formula is C25H33N3O4S. The van der Waals surface area contributed by atoms with Crippen LogP contribution in [0.2, 0.25) is 0 Å². The molecule has 8 heteroatoms. The number of likely N-dealkylation sites (tertiary alicyclic amines) is 1. The molecule has 178 valence electrons. The first-order valence-electron chi connectivity index (χ1n) is 11.6. The Morgan fingerprint density at radius 1 is 1.03 bits per heavy atom. The van der Waals surface area contributed by atoms with Crippen molar-refractivity contribution in [3.8, 4) is 0 Å². The van der Waals surface area contributed by atoms with Crippen LogP contribution in [-0.4, -0.2) is 50.0 Å². The third-order valence-corrected chi connectivity index (χ3v) is 7.41. The third-order valence-electron chi connectivity index (χ3n) is 5.92. The van der Waals surface area contributed by atoms with Crippen LogP contribution in [0.1, 0.15) is 61.4 Å². The molecule has 2 aromatic rings. The van der Waals surface area contributed by atoms with Crippen molar-refractivity contribution >= 4 is 27.5 Å². The second kappa shape index (κ2) is 11.3. The SMILES string of the molecule is CCCS(=O)(=O)Nc1cccc(C(=O)NC2CCN(C(=O)C(CC)c3ccccc3)CC2)c1. The number of hydrogen-bond acceptors (Lipinski definition) is 4. The van der Waals surface area contributed by atoms with Crippen LogP contribution in [-0.2, 0) is 14.8 Å². The van der Waals surface area contributed by atoms with E-state index in [-0.39, 0.29) is 29.5 Å². The summed E-state index contributed by atoms with van der Waals surface area (Å²) in [5.74, 6) is -0.215. The molecule has 0 spiro atoms. The number of rotatable bonds is 9. The second-order valence-corrected chi connectivity index (χ2v) is 10.3. The summed E-state index contributed by atoms with van der Waals surface area (Å²) in [6.45, 7) is 5.03. The van der Waals surface area contributed by atoms with Gasteiger partial charge in [-0.15, -0.1) is 0 Å². The van der Waals surface area contributed by atoms with E-state index in [0.717, 1.165) is 12.0 Å². The lowest BCUT2D eigenvalue weighted by Crippen LogP contribution is -2.47. The molecular weight excluding hydrogens is 438 g/mol. The summed E-state index contributed by atoms with van der Waals surface area (Å²) in [5.41, 5.74) is 1.82. The summed E-state index contributed by atoms with van der Waals surface area (Å²) in [6.07, 6.45) is 2.63. The largest absolute Gasteiger partial charge is 0.349 e. The average molecular weight is 472 g/mol. The lowest BCUT2D eigenvalue weighted by molar-refractivity contribution is -0.134. The van der Waals surface area contributed by atoms with Gasteiger partial charge in [0.2, 0.25) is 15.9 Å². The van der Waals surface area contributed by atoms with Gasteiger partial charge >= 0.3 is 0 Å². The summed E-state index contributed by atoms with van der Waals surface area (Å²) in [6, 6.07) is 16.3. The second-order valence-electron chi connectivity index (χ2n) is 8.45. The molecule has 0 radical (unpaired) electrons. The number of carbonyl (C=O) groups is 2. The Hall–Kier alpha value is -2.87. The molecule has 1 unspecified atom stereocenters. The topological polar surface area (TPSA) is 95.6 Å².